The van der Waals surface area contributed by atoms with Gasteiger partial charge in [0.1, 0.15) is 0 Å². The molecule has 2 heterocycles. The van der Waals surface area contributed by atoms with Crippen LogP contribution in [0.3, 0.4) is 0 Å². The summed E-state index contributed by atoms with van der Waals surface area (Å²) < 4.78 is 5.79. The highest BCUT2D eigenvalue weighted by Gasteiger charge is 2.30. The average Bonchev–Trinajstić information content (AvgIpc) is 3.05. The lowest BCUT2D eigenvalue weighted by molar-refractivity contribution is 0.115. The molecule has 1 aliphatic carbocycles. The minimum absolute atomic E-state index is 0.399. The van der Waals surface area contributed by atoms with Gasteiger partial charge in [0.2, 0.25) is 0 Å². The Kier molecular flexibility index (Phi) is 5.14. The molecule has 21 heavy (non-hydrogen) atoms. The van der Waals surface area contributed by atoms with Crippen LogP contribution in [-0.2, 0) is 11.3 Å². The summed E-state index contributed by atoms with van der Waals surface area (Å²) in [5, 5.41) is 4.66. The Morgan fingerprint density at radius 1 is 1.33 bits per heavy atom. The highest BCUT2D eigenvalue weighted by molar-refractivity contribution is 7.15. The molecule has 0 amide bonds. The van der Waals surface area contributed by atoms with Gasteiger partial charge in [-0.3, -0.25) is 0 Å². The number of thiazole rings is 1. The Balaban J connectivity index is 1.72. The minimum Gasteiger partial charge on any atom is -0.376 e. The fourth-order valence-electron chi connectivity index (χ4n) is 2.90. The molecule has 1 aromatic heterocycles. The average molecular weight is 309 g/mol. The number of hydrogen-bond donors (Lipinski definition) is 1. The van der Waals surface area contributed by atoms with Gasteiger partial charge >= 0.3 is 0 Å². The second-order valence-corrected chi connectivity index (χ2v) is 7.10. The maximum absolute atomic E-state index is 5.79. The molecule has 1 saturated heterocycles. The van der Waals surface area contributed by atoms with E-state index in [2.05, 4.69) is 24.1 Å². The number of nitrogens with zero attached hydrogens (tertiary/aromatic N) is 2. The van der Waals surface area contributed by atoms with E-state index in [1.54, 1.807) is 0 Å². The van der Waals surface area contributed by atoms with E-state index in [0.717, 1.165) is 38.7 Å². The van der Waals surface area contributed by atoms with Crippen molar-refractivity contribution in [3.8, 4) is 0 Å². The van der Waals surface area contributed by atoms with Crippen LogP contribution in [0.2, 0.25) is 0 Å². The number of aromatic nitrogens is 1. The molecule has 1 aliphatic heterocycles. The largest absolute Gasteiger partial charge is 0.376 e. The smallest absolute Gasteiger partial charge is 0.185 e. The van der Waals surface area contributed by atoms with Crippen LogP contribution in [0.5, 0.6) is 0 Å². The van der Waals surface area contributed by atoms with Gasteiger partial charge in [0.25, 0.3) is 0 Å². The molecular formula is C16H27N3OS. The van der Waals surface area contributed by atoms with Gasteiger partial charge in [0, 0.05) is 37.0 Å². The zero-order valence-electron chi connectivity index (χ0n) is 13.2. The fraction of sp³-hybridized carbons (Fsp3) is 0.812. The van der Waals surface area contributed by atoms with E-state index in [-0.39, 0.29) is 0 Å². The molecular weight excluding hydrogens is 282 g/mol. The fourth-order valence-corrected chi connectivity index (χ4v) is 4.09. The lowest BCUT2D eigenvalue weighted by atomic mass is 10.2. The van der Waals surface area contributed by atoms with Crippen molar-refractivity contribution in [2.24, 2.45) is 0 Å². The molecule has 3 rings (SSSR count). The normalized spacial score (nSPS) is 21.9. The molecule has 0 bridgehead atoms. The van der Waals surface area contributed by atoms with E-state index in [0.29, 0.717) is 6.10 Å². The Labute approximate surface area is 131 Å². The van der Waals surface area contributed by atoms with Crippen molar-refractivity contribution in [2.75, 3.05) is 31.1 Å². The third-order valence-electron chi connectivity index (χ3n) is 4.32. The van der Waals surface area contributed by atoms with Crippen LogP contribution in [0.25, 0.3) is 0 Å². The highest BCUT2D eigenvalue weighted by atomic mass is 32.1. The molecule has 0 radical (unpaired) electrons. The maximum Gasteiger partial charge on any atom is 0.185 e. The minimum atomic E-state index is 0.399. The van der Waals surface area contributed by atoms with Gasteiger partial charge in [-0.15, -0.1) is 11.3 Å². The predicted octanol–water partition coefficient (Wildman–Crippen LogP) is 3.14. The van der Waals surface area contributed by atoms with Crippen molar-refractivity contribution in [1.29, 1.82) is 0 Å². The summed E-state index contributed by atoms with van der Waals surface area (Å²) in [7, 11) is 0. The number of likely N-dealkylation sites (N-methyl/N-ethyl adjacent to an activating group) is 1. The summed E-state index contributed by atoms with van der Waals surface area (Å²) >= 11 is 1.88. The number of anilines is 1. The molecule has 5 heteroatoms. The van der Waals surface area contributed by atoms with Crippen LogP contribution >= 0.6 is 11.3 Å². The van der Waals surface area contributed by atoms with Gasteiger partial charge in [-0.2, -0.15) is 0 Å². The van der Waals surface area contributed by atoms with Crippen molar-refractivity contribution < 1.29 is 4.74 Å². The zero-order valence-corrected chi connectivity index (χ0v) is 14.0. The van der Waals surface area contributed by atoms with Gasteiger partial charge in [-0.1, -0.05) is 6.92 Å². The van der Waals surface area contributed by atoms with E-state index in [1.165, 1.54) is 41.4 Å². The SMILES string of the molecule is CCNCc1sc(N(CC)CC2CCCO2)nc1C1CC1. The Bertz CT molecular complexity index is 452. The third kappa shape index (κ3) is 3.76. The van der Waals surface area contributed by atoms with Gasteiger partial charge in [-0.05, 0) is 39.2 Å². The van der Waals surface area contributed by atoms with Crippen LogP contribution < -0.4 is 10.2 Å². The van der Waals surface area contributed by atoms with E-state index >= 15 is 0 Å². The first-order valence-electron chi connectivity index (χ1n) is 8.38. The molecule has 0 spiro atoms. The standard InChI is InChI=1S/C16H27N3OS/c1-3-17-10-14-15(12-7-8-12)18-16(21-14)19(4-2)11-13-6-5-9-20-13/h12-13,17H,3-11H2,1-2H3. The van der Waals surface area contributed by atoms with Gasteiger partial charge in [0.05, 0.1) is 11.8 Å². The number of nitrogens with one attached hydrogen (secondary N) is 1. The molecule has 2 fully saturated rings. The highest BCUT2D eigenvalue weighted by Crippen LogP contribution is 2.44. The summed E-state index contributed by atoms with van der Waals surface area (Å²) in [4.78, 5) is 8.84. The second-order valence-electron chi connectivity index (χ2n) is 6.03. The molecule has 118 valence electrons. The van der Waals surface area contributed by atoms with E-state index in [9.17, 15) is 0 Å². The first kappa shape index (κ1) is 15.3. The first-order chi connectivity index (χ1) is 10.3. The Morgan fingerprint density at radius 3 is 2.81 bits per heavy atom. The number of ether oxygens (including phenoxy) is 1. The topological polar surface area (TPSA) is 37.4 Å². The van der Waals surface area contributed by atoms with Crippen LogP contribution in [0.1, 0.15) is 56.0 Å². The monoisotopic (exact) mass is 309 g/mol. The number of hydrogen-bond acceptors (Lipinski definition) is 5. The van der Waals surface area contributed by atoms with E-state index in [4.69, 9.17) is 9.72 Å². The lowest BCUT2D eigenvalue weighted by Crippen LogP contribution is -2.31. The van der Waals surface area contributed by atoms with Gasteiger partial charge in [0.15, 0.2) is 5.13 Å². The summed E-state index contributed by atoms with van der Waals surface area (Å²) in [6.45, 7) is 9.31. The summed E-state index contributed by atoms with van der Waals surface area (Å²) in [6.07, 6.45) is 5.44. The summed E-state index contributed by atoms with van der Waals surface area (Å²) in [6, 6.07) is 0. The first-order valence-corrected chi connectivity index (χ1v) is 9.20. The summed E-state index contributed by atoms with van der Waals surface area (Å²) in [5.74, 6) is 0.727. The quantitative estimate of drug-likeness (QED) is 0.800. The zero-order chi connectivity index (χ0) is 14.7. The lowest BCUT2D eigenvalue weighted by Gasteiger charge is -2.23. The van der Waals surface area contributed by atoms with Crippen molar-refractivity contribution in [2.45, 2.75) is 58.1 Å². The predicted molar refractivity (Wildman–Crippen MR) is 88.3 cm³/mol. The molecule has 1 aromatic rings. The van der Waals surface area contributed by atoms with Crippen LogP contribution in [0.4, 0.5) is 5.13 Å². The van der Waals surface area contributed by atoms with Crippen LogP contribution in [0, 0.1) is 0 Å². The molecule has 1 saturated carbocycles. The van der Waals surface area contributed by atoms with Gasteiger partial charge in [-0.25, -0.2) is 4.98 Å². The van der Waals surface area contributed by atoms with Gasteiger partial charge < -0.3 is 15.0 Å². The van der Waals surface area contributed by atoms with Crippen LogP contribution in [0.15, 0.2) is 0 Å². The maximum atomic E-state index is 5.79. The van der Waals surface area contributed by atoms with E-state index in [1.807, 2.05) is 11.3 Å². The molecule has 0 aromatic carbocycles. The molecule has 4 nitrogen and oxygen atoms in total. The van der Waals surface area contributed by atoms with Crippen molar-refractivity contribution >= 4 is 16.5 Å². The third-order valence-corrected chi connectivity index (χ3v) is 5.45. The second kappa shape index (κ2) is 7.07. The molecule has 1 N–H and O–H groups in total. The molecule has 2 aliphatic rings. The summed E-state index contributed by atoms with van der Waals surface area (Å²) in [5.41, 5.74) is 1.36. The molecule has 1 unspecified atom stereocenters. The Hall–Kier alpha value is -0.650. The molecule has 1 atom stereocenters. The van der Waals surface area contributed by atoms with Crippen molar-refractivity contribution in [3.05, 3.63) is 10.6 Å². The van der Waals surface area contributed by atoms with Crippen LogP contribution in [-0.4, -0.2) is 37.3 Å². The van der Waals surface area contributed by atoms with Crippen molar-refractivity contribution in [3.63, 3.8) is 0 Å². The Morgan fingerprint density at radius 2 is 2.19 bits per heavy atom. The number of rotatable bonds is 8. The van der Waals surface area contributed by atoms with Crippen molar-refractivity contribution in [1.82, 2.24) is 10.3 Å². The van der Waals surface area contributed by atoms with E-state index < -0.39 is 0 Å².